The van der Waals surface area contributed by atoms with E-state index in [0.717, 1.165) is 24.3 Å². The lowest BCUT2D eigenvalue weighted by molar-refractivity contribution is 0.451. The third-order valence-corrected chi connectivity index (χ3v) is 6.92. The van der Waals surface area contributed by atoms with Crippen LogP contribution in [-0.4, -0.2) is 0 Å². The molecule has 0 spiro atoms. The number of para-hydroxylation sites is 1. The summed E-state index contributed by atoms with van der Waals surface area (Å²) >= 11 is 1.82. The second-order valence-electron chi connectivity index (χ2n) is 6.83. The topological polar surface area (TPSA) is 9.23 Å². The van der Waals surface area contributed by atoms with Gasteiger partial charge in [0.25, 0.3) is 0 Å². The Morgan fingerprint density at radius 2 is 1.52 bits per heavy atom. The van der Waals surface area contributed by atoms with Crippen LogP contribution < -0.4 is 4.74 Å². The van der Waals surface area contributed by atoms with Crippen molar-refractivity contribution in [3.8, 4) is 22.6 Å². The lowest BCUT2D eigenvalue weighted by Gasteiger charge is -2.30. The fraction of sp³-hybridized carbons (Fsp3) is 0.217. The molecule has 124 valence electrons. The zero-order valence-electron chi connectivity index (χ0n) is 14.5. The molecular weight excluding hydrogens is 324 g/mol. The molecule has 0 fully saturated rings. The van der Waals surface area contributed by atoms with Gasteiger partial charge in [0, 0.05) is 5.41 Å². The molecule has 0 radical (unpaired) electrons. The van der Waals surface area contributed by atoms with E-state index in [1.54, 1.807) is 0 Å². The molecule has 1 aliphatic carbocycles. The molecule has 5 rings (SSSR count). The number of hydrogen-bond acceptors (Lipinski definition) is 2. The van der Waals surface area contributed by atoms with Crippen LogP contribution in [0.5, 0.6) is 11.5 Å². The third kappa shape index (κ3) is 1.98. The summed E-state index contributed by atoms with van der Waals surface area (Å²) in [5, 5.41) is 0. The molecule has 25 heavy (non-hydrogen) atoms. The van der Waals surface area contributed by atoms with E-state index in [2.05, 4.69) is 68.4 Å². The van der Waals surface area contributed by atoms with E-state index in [1.807, 2.05) is 17.8 Å². The maximum atomic E-state index is 6.23. The fourth-order valence-electron chi connectivity index (χ4n) is 4.49. The van der Waals surface area contributed by atoms with Gasteiger partial charge in [-0.2, -0.15) is 0 Å². The first-order valence-electron chi connectivity index (χ1n) is 9.00. The minimum absolute atomic E-state index is 0.123. The van der Waals surface area contributed by atoms with Crippen LogP contribution in [0.15, 0.2) is 70.5 Å². The van der Waals surface area contributed by atoms with Gasteiger partial charge in [-0.15, -0.1) is 0 Å². The van der Waals surface area contributed by atoms with Crippen molar-refractivity contribution >= 4 is 11.8 Å². The van der Waals surface area contributed by atoms with E-state index in [0.29, 0.717) is 0 Å². The van der Waals surface area contributed by atoms with E-state index in [9.17, 15) is 0 Å². The van der Waals surface area contributed by atoms with E-state index < -0.39 is 0 Å². The highest BCUT2D eigenvalue weighted by atomic mass is 32.2. The molecule has 0 saturated heterocycles. The Hall–Kier alpha value is -2.19. The molecule has 0 aromatic heterocycles. The van der Waals surface area contributed by atoms with Gasteiger partial charge in [0.2, 0.25) is 0 Å². The van der Waals surface area contributed by atoms with Gasteiger partial charge in [-0.3, -0.25) is 0 Å². The second kappa shape index (κ2) is 5.40. The van der Waals surface area contributed by atoms with E-state index in [-0.39, 0.29) is 5.41 Å². The van der Waals surface area contributed by atoms with Gasteiger partial charge in [-0.1, -0.05) is 62.0 Å². The molecule has 0 amide bonds. The Morgan fingerprint density at radius 1 is 0.760 bits per heavy atom. The molecule has 0 unspecified atom stereocenters. The fourth-order valence-corrected chi connectivity index (χ4v) is 5.46. The molecule has 0 bridgehead atoms. The summed E-state index contributed by atoms with van der Waals surface area (Å²) in [6.07, 6.45) is 2.24. The zero-order valence-corrected chi connectivity index (χ0v) is 15.3. The first kappa shape index (κ1) is 15.1. The highest BCUT2D eigenvalue weighted by molar-refractivity contribution is 7.99. The SMILES string of the molecule is CCC1(CC)c2ccccc2-c2cc3c(cc21)Sc1ccccc1O3. The van der Waals surface area contributed by atoms with Crippen molar-refractivity contribution in [3.63, 3.8) is 0 Å². The van der Waals surface area contributed by atoms with Crippen LogP contribution in [0.25, 0.3) is 11.1 Å². The summed E-state index contributed by atoms with van der Waals surface area (Å²) in [5.41, 5.74) is 5.78. The van der Waals surface area contributed by atoms with E-state index in [1.165, 1.54) is 32.0 Å². The summed E-state index contributed by atoms with van der Waals surface area (Å²) in [7, 11) is 0. The van der Waals surface area contributed by atoms with Crippen molar-refractivity contribution in [1.29, 1.82) is 0 Å². The molecule has 2 heteroatoms. The first-order chi connectivity index (χ1) is 12.3. The maximum Gasteiger partial charge on any atom is 0.142 e. The average molecular weight is 344 g/mol. The molecule has 0 N–H and O–H groups in total. The van der Waals surface area contributed by atoms with Crippen molar-refractivity contribution in [2.75, 3.05) is 0 Å². The number of rotatable bonds is 2. The quantitative estimate of drug-likeness (QED) is 0.386. The van der Waals surface area contributed by atoms with Gasteiger partial charge in [0.05, 0.1) is 9.79 Å². The molecule has 2 aliphatic rings. The Labute approximate surface area is 153 Å². The Morgan fingerprint density at radius 3 is 2.36 bits per heavy atom. The van der Waals surface area contributed by atoms with Gasteiger partial charge < -0.3 is 4.74 Å². The van der Waals surface area contributed by atoms with Crippen LogP contribution in [0.3, 0.4) is 0 Å². The van der Waals surface area contributed by atoms with Crippen LogP contribution in [-0.2, 0) is 5.41 Å². The predicted molar refractivity (Wildman–Crippen MR) is 104 cm³/mol. The van der Waals surface area contributed by atoms with Gasteiger partial charge in [-0.25, -0.2) is 0 Å². The van der Waals surface area contributed by atoms with Gasteiger partial charge in [0.1, 0.15) is 11.5 Å². The highest BCUT2D eigenvalue weighted by Crippen LogP contribution is 2.57. The van der Waals surface area contributed by atoms with Crippen molar-refractivity contribution in [1.82, 2.24) is 0 Å². The van der Waals surface area contributed by atoms with E-state index >= 15 is 0 Å². The summed E-state index contributed by atoms with van der Waals surface area (Å²) in [6, 6.07) is 21.8. The van der Waals surface area contributed by atoms with Gasteiger partial charge in [-0.05, 0) is 59.4 Å². The summed E-state index contributed by atoms with van der Waals surface area (Å²) in [6.45, 7) is 4.63. The van der Waals surface area contributed by atoms with Crippen LogP contribution in [0.2, 0.25) is 0 Å². The largest absolute Gasteiger partial charge is 0.455 e. The molecule has 1 aliphatic heterocycles. The summed E-state index contributed by atoms with van der Waals surface area (Å²) in [5.74, 6) is 1.95. The Kier molecular flexibility index (Phi) is 3.26. The van der Waals surface area contributed by atoms with Crippen molar-refractivity contribution in [3.05, 3.63) is 71.8 Å². The smallest absolute Gasteiger partial charge is 0.142 e. The zero-order chi connectivity index (χ0) is 17.0. The van der Waals surface area contributed by atoms with Gasteiger partial charge in [0.15, 0.2) is 0 Å². The van der Waals surface area contributed by atoms with E-state index in [4.69, 9.17) is 4.74 Å². The lowest BCUT2D eigenvalue weighted by atomic mass is 9.74. The van der Waals surface area contributed by atoms with Crippen molar-refractivity contribution in [2.24, 2.45) is 0 Å². The van der Waals surface area contributed by atoms with Crippen LogP contribution in [0, 0.1) is 0 Å². The summed E-state index contributed by atoms with van der Waals surface area (Å²) < 4.78 is 6.23. The average Bonchev–Trinajstić information content (AvgIpc) is 2.94. The molecule has 0 saturated carbocycles. The molecule has 3 aromatic rings. The van der Waals surface area contributed by atoms with Gasteiger partial charge >= 0.3 is 0 Å². The number of ether oxygens (including phenoxy) is 1. The van der Waals surface area contributed by atoms with Crippen LogP contribution in [0.1, 0.15) is 37.8 Å². The van der Waals surface area contributed by atoms with Crippen molar-refractivity contribution < 1.29 is 4.74 Å². The monoisotopic (exact) mass is 344 g/mol. The van der Waals surface area contributed by atoms with Crippen molar-refractivity contribution in [2.45, 2.75) is 41.9 Å². The second-order valence-corrected chi connectivity index (χ2v) is 7.91. The van der Waals surface area contributed by atoms with Crippen LogP contribution >= 0.6 is 11.8 Å². The molecular formula is C23H20OS. The summed E-state index contributed by atoms with van der Waals surface area (Å²) in [4.78, 5) is 2.43. The standard InChI is InChI=1S/C23H20OS/c1-3-23(4-2)17-10-6-5-9-15(17)16-13-20-22(14-18(16)23)25-21-12-8-7-11-19(21)24-20/h5-14H,3-4H2,1-2H3. The minimum Gasteiger partial charge on any atom is -0.455 e. The molecule has 1 heterocycles. The number of hydrogen-bond donors (Lipinski definition) is 0. The predicted octanol–water partition coefficient (Wildman–Crippen LogP) is 7.03. The minimum atomic E-state index is 0.123. The third-order valence-electron chi connectivity index (χ3n) is 5.83. The Balaban J connectivity index is 1.75. The lowest BCUT2D eigenvalue weighted by Crippen LogP contribution is -2.23. The maximum absolute atomic E-state index is 6.23. The molecule has 0 atom stereocenters. The normalized spacial score (nSPS) is 15.6. The first-order valence-corrected chi connectivity index (χ1v) is 9.81. The number of fused-ring (bicyclic) bond motifs is 5. The number of benzene rings is 3. The molecule has 3 aromatic carbocycles. The highest BCUT2D eigenvalue weighted by Gasteiger charge is 2.41. The molecule has 1 nitrogen and oxygen atoms in total. The Bertz CT molecular complexity index is 985. The van der Waals surface area contributed by atoms with Crippen LogP contribution in [0.4, 0.5) is 0 Å².